The smallest absolute Gasteiger partial charge is 0.328 e. The third-order valence-electron chi connectivity index (χ3n) is 1.51. The van der Waals surface area contributed by atoms with Gasteiger partial charge in [0.15, 0.2) is 0 Å². The molecule has 1 amide bonds. The van der Waals surface area contributed by atoms with E-state index in [9.17, 15) is 9.59 Å². The van der Waals surface area contributed by atoms with Gasteiger partial charge in [-0.3, -0.25) is 4.79 Å². The zero-order chi connectivity index (χ0) is 10.8. The van der Waals surface area contributed by atoms with Crippen LogP contribution in [0.2, 0.25) is 0 Å². The van der Waals surface area contributed by atoms with E-state index < -0.39 is 17.4 Å². The highest BCUT2D eigenvalue weighted by Crippen LogP contribution is 2.02. The highest BCUT2D eigenvalue weighted by Gasteiger charge is 2.30. The Morgan fingerprint density at radius 2 is 2.14 bits per heavy atom. The van der Waals surface area contributed by atoms with Gasteiger partial charge in [-0.1, -0.05) is 0 Å². The highest BCUT2D eigenvalue weighted by molar-refractivity contribution is 5.94. The molecule has 1 aromatic rings. The molecule has 14 heavy (non-hydrogen) atoms. The Balaban J connectivity index is 2.71. The molecule has 8 heteroatoms. The number of hydrogen-bond acceptors (Lipinski definition) is 5. The summed E-state index contributed by atoms with van der Waals surface area (Å²) in [6.07, 6.45) is 0. The summed E-state index contributed by atoms with van der Waals surface area (Å²) in [5.41, 5.74) is -1.36. The maximum absolute atomic E-state index is 11.3. The van der Waals surface area contributed by atoms with Crippen LogP contribution in [0.3, 0.4) is 0 Å². The fourth-order valence-electron chi connectivity index (χ4n) is 0.651. The Kier molecular flexibility index (Phi) is 2.45. The fraction of sp³-hybridized carbons (Fsp3) is 0.500. The van der Waals surface area contributed by atoms with Gasteiger partial charge in [0.2, 0.25) is 0 Å². The molecule has 0 aliphatic rings. The van der Waals surface area contributed by atoms with E-state index >= 15 is 0 Å². The lowest BCUT2D eigenvalue weighted by atomic mass is 10.1. The molecular weight excluding hydrogens is 190 g/mol. The van der Waals surface area contributed by atoms with Crippen LogP contribution in [-0.2, 0) is 4.79 Å². The van der Waals surface area contributed by atoms with Gasteiger partial charge in [0, 0.05) is 0 Å². The van der Waals surface area contributed by atoms with E-state index in [2.05, 4.69) is 25.9 Å². The quantitative estimate of drug-likeness (QED) is 0.561. The SMILES string of the molecule is CC(C)(NC(=O)c1nn[nH]n1)C(=O)O. The second-order valence-corrected chi connectivity index (χ2v) is 3.12. The number of carbonyl (C=O) groups is 2. The van der Waals surface area contributed by atoms with E-state index in [1.165, 1.54) is 13.8 Å². The van der Waals surface area contributed by atoms with Gasteiger partial charge >= 0.3 is 5.97 Å². The van der Waals surface area contributed by atoms with Crippen LogP contribution in [0.15, 0.2) is 0 Å². The first-order valence-electron chi connectivity index (χ1n) is 3.73. The third kappa shape index (κ3) is 2.03. The van der Waals surface area contributed by atoms with Gasteiger partial charge in [0.1, 0.15) is 5.54 Å². The number of aliphatic carboxylic acids is 1. The molecule has 0 fully saturated rings. The Morgan fingerprint density at radius 1 is 1.50 bits per heavy atom. The first-order chi connectivity index (χ1) is 6.43. The minimum absolute atomic E-state index is 0.195. The van der Waals surface area contributed by atoms with E-state index in [1.54, 1.807) is 0 Å². The number of hydrogen-bond donors (Lipinski definition) is 3. The molecule has 0 aliphatic carbocycles. The lowest BCUT2D eigenvalue weighted by molar-refractivity contribution is -0.143. The summed E-state index contributed by atoms with van der Waals surface area (Å²) in [4.78, 5) is 21.9. The maximum Gasteiger partial charge on any atom is 0.328 e. The molecular formula is C6H9N5O3. The zero-order valence-electron chi connectivity index (χ0n) is 7.61. The van der Waals surface area contributed by atoms with Crippen LogP contribution in [0.1, 0.15) is 24.5 Å². The maximum atomic E-state index is 11.3. The first kappa shape index (κ1) is 10.1. The van der Waals surface area contributed by atoms with Gasteiger partial charge in [-0.25, -0.2) is 4.79 Å². The molecule has 76 valence electrons. The minimum atomic E-state index is -1.36. The van der Waals surface area contributed by atoms with E-state index in [-0.39, 0.29) is 5.82 Å². The normalized spacial score (nSPS) is 11.0. The number of nitrogens with one attached hydrogen (secondary N) is 2. The van der Waals surface area contributed by atoms with Crippen molar-refractivity contribution in [2.75, 3.05) is 0 Å². The van der Waals surface area contributed by atoms with Gasteiger partial charge in [0.25, 0.3) is 11.7 Å². The molecule has 0 atom stereocenters. The molecule has 1 rings (SSSR count). The number of amides is 1. The standard InChI is InChI=1S/C6H9N5O3/c1-6(2,5(13)14)7-4(12)3-8-10-11-9-3/h1-2H3,(H,7,12)(H,13,14)(H,8,9,10,11). The number of tetrazole rings is 1. The molecule has 0 aliphatic heterocycles. The monoisotopic (exact) mass is 199 g/mol. The van der Waals surface area contributed by atoms with Gasteiger partial charge in [0.05, 0.1) is 0 Å². The second-order valence-electron chi connectivity index (χ2n) is 3.12. The summed E-state index contributed by atoms with van der Waals surface area (Å²) in [6, 6.07) is 0. The van der Waals surface area contributed by atoms with Crippen molar-refractivity contribution < 1.29 is 14.7 Å². The lowest BCUT2D eigenvalue weighted by Crippen LogP contribution is -2.49. The van der Waals surface area contributed by atoms with E-state index in [0.29, 0.717) is 0 Å². The third-order valence-corrected chi connectivity index (χ3v) is 1.51. The zero-order valence-corrected chi connectivity index (χ0v) is 7.61. The predicted molar refractivity (Wildman–Crippen MR) is 43.4 cm³/mol. The average Bonchev–Trinajstić information content (AvgIpc) is 2.54. The van der Waals surface area contributed by atoms with Crippen LogP contribution in [0.25, 0.3) is 0 Å². The Bertz CT molecular complexity index is 344. The molecule has 8 nitrogen and oxygen atoms in total. The minimum Gasteiger partial charge on any atom is -0.480 e. The van der Waals surface area contributed by atoms with Gasteiger partial charge in [-0.05, 0) is 19.1 Å². The van der Waals surface area contributed by atoms with Crippen LogP contribution in [0.5, 0.6) is 0 Å². The van der Waals surface area contributed by atoms with Crippen molar-refractivity contribution in [3.05, 3.63) is 5.82 Å². The van der Waals surface area contributed by atoms with Crippen LogP contribution < -0.4 is 5.32 Å². The molecule has 0 bridgehead atoms. The van der Waals surface area contributed by atoms with Crippen molar-refractivity contribution in [1.29, 1.82) is 0 Å². The molecule has 1 aromatic heterocycles. The van der Waals surface area contributed by atoms with Crippen molar-refractivity contribution in [2.45, 2.75) is 19.4 Å². The largest absolute Gasteiger partial charge is 0.480 e. The summed E-state index contributed by atoms with van der Waals surface area (Å²) in [5.74, 6) is -2.03. The number of carboxylic acids is 1. The van der Waals surface area contributed by atoms with Crippen LogP contribution in [0, 0.1) is 0 Å². The van der Waals surface area contributed by atoms with Crippen molar-refractivity contribution in [3.63, 3.8) is 0 Å². The Morgan fingerprint density at radius 3 is 2.57 bits per heavy atom. The number of carboxylic acid groups (broad SMARTS) is 1. The summed E-state index contributed by atoms with van der Waals surface area (Å²) in [5, 5.41) is 23.0. The number of aromatic nitrogens is 4. The molecule has 0 aromatic carbocycles. The number of H-pyrrole nitrogens is 1. The predicted octanol–water partition coefficient (Wildman–Crippen LogP) is -1.21. The number of carbonyl (C=O) groups excluding carboxylic acids is 1. The summed E-state index contributed by atoms with van der Waals surface area (Å²) in [7, 11) is 0. The van der Waals surface area contributed by atoms with Crippen molar-refractivity contribution in [3.8, 4) is 0 Å². The topological polar surface area (TPSA) is 121 Å². The first-order valence-corrected chi connectivity index (χ1v) is 3.73. The molecule has 0 saturated heterocycles. The summed E-state index contributed by atoms with van der Waals surface area (Å²) >= 11 is 0. The number of aromatic amines is 1. The molecule has 3 N–H and O–H groups in total. The van der Waals surface area contributed by atoms with Crippen LogP contribution in [0.4, 0.5) is 0 Å². The highest BCUT2D eigenvalue weighted by atomic mass is 16.4. The van der Waals surface area contributed by atoms with Crippen LogP contribution >= 0.6 is 0 Å². The van der Waals surface area contributed by atoms with Crippen molar-refractivity contribution >= 4 is 11.9 Å². The average molecular weight is 199 g/mol. The van der Waals surface area contributed by atoms with Gasteiger partial charge in [-0.15, -0.1) is 10.2 Å². The van der Waals surface area contributed by atoms with Crippen molar-refractivity contribution in [2.24, 2.45) is 0 Å². The van der Waals surface area contributed by atoms with Gasteiger partial charge < -0.3 is 10.4 Å². The number of rotatable bonds is 3. The summed E-state index contributed by atoms with van der Waals surface area (Å²) < 4.78 is 0. The fourth-order valence-corrected chi connectivity index (χ4v) is 0.651. The van der Waals surface area contributed by atoms with E-state index in [1.807, 2.05) is 0 Å². The Hall–Kier alpha value is -1.99. The lowest BCUT2D eigenvalue weighted by Gasteiger charge is -2.19. The van der Waals surface area contributed by atoms with Crippen molar-refractivity contribution in [1.82, 2.24) is 25.9 Å². The molecule has 1 heterocycles. The molecule has 0 saturated carbocycles. The molecule has 0 spiro atoms. The Labute approximate surface area is 78.7 Å². The van der Waals surface area contributed by atoms with E-state index in [4.69, 9.17) is 5.11 Å². The second kappa shape index (κ2) is 3.40. The summed E-state index contributed by atoms with van der Waals surface area (Å²) in [6.45, 7) is 2.71. The van der Waals surface area contributed by atoms with Crippen LogP contribution in [-0.4, -0.2) is 43.1 Å². The molecule has 0 radical (unpaired) electrons. The van der Waals surface area contributed by atoms with E-state index in [0.717, 1.165) is 0 Å². The molecule has 0 unspecified atom stereocenters. The number of nitrogens with zero attached hydrogens (tertiary/aromatic N) is 3. The van der Waals surface area contributed by atoms with Gasteiger partial charge in [-0.2, -0.15) is 5.21 Å².